The Morgan fingerprint density at radius 3 is 2.50 bits per heavy atom. The number of benzene rings is 1. The second-order valence-corrected chi connectivity index (χ2v) is 5.01. The summed E-state index contributed by atoms with van der Waals surface area (Å²) in [4.78, 5) is 12.9. The maximum atomic E-state index is 10.6. The van der Waals surface area contributed by atoms with E-state index in [-0.39, 0.29) is 6.42 Å². The second kappa shape index (κ2) is 6.18. The van der Waals surface area contributed by atoms with E-state index in [1.54, 1.807) is 23.5 Å². The molecule has 3 nitrogen and oxygen atoms in total. The van der Waals surface area contributed by atoms with Gasteiger partial charge in [-0.2, -0.15) is 0 Å². The van der Waals surface area contributed by atoms with E-state index < -0.39 is 12.0 Å². The fourth-order valence-corrected chi connectivity index (χ4v) is 2.88. The minimum absolute atomic E-state index is 0.0353. The van der Waals surface area contributed by atoms with Gasteiger partial charge in [-0.25, -0.2) is 0 Å². The van der Waals surface area contributed by atoms with Crippen molar-refractivity contribution in [3.63, 3.8) is 0 Å². The lowest BCUT2D eigenvalue weighted by Gasteiger charge is -2.12. The molecule has 5 heteroatoms. The molecule has 0 saturated carbocycles. The molecule has 0 bridgehead atoms. The Bertz CT molecular complexity index is 382. The molecule has 1 aromatic rings. The van der Waals surface area contributed by atoms with Gasteiger partial charge in [0, 0.05) is 15.8 Å². The Kier molecular flexibility index (Phi) is 5.18. The fraction of sp³-hybridized carbons (Fsp3) is 0.364. The summed E-state index contributed by atoms with van der Waals surface area (Å²) in [6.45, 7) is 0. The fourth-order valence-electron chi connectivity index (χ4n) is 1.39. The molecule has 1 rings (SSSR count). The van der Waals surface area contributed by atoms with Crippen molar-refractivity contribution in [2.24, 2.45) is 5.73 Å². The molecular weight excluding hydrogens is 242 g/mol. The quantitative estimate of drug-likeness (QED) is 0.794. The molecule has 3 N–H and O–H groups in total. The lowest BCUT2D eigenvalue weighted by Crippen LogP contribution is -2.15. The van der Waals surface area contributed by atoms with E-state index in [9.17, 15) is 4.79 Å². The SMILES string of the molecule is CSc1ccc(C(N)CC(=O)O)cc1SC. The summed E-state index contributed by atoms with van der Waals surface area (Å²) in [6, 6.07) is 5.44. The Labute approximate surface area is 104 Å². The number of nitrogens with two attached hydrogens (primary N) is 1. The molecule has 0 aliphatic carbocycles. The summed E-state index contributed by atoms with van der Waals surface area (Å²) in [5.41, 5.74) is 6.69. The highest BCUT2D eigenvalue weighted by Crippen LogP contribution is 2.30. The van der Waals surface area contributed by atoms with Crippen molar-refractivity contribution in [2.45, 2.75) is 22.3 Å². The molecular formula is C11H15NO2S2. The molecule has 0 saturated heterocycles. The number of carboxylic acid groups (broad SMARTS) is 1. The monoisotopic (exact) mass is 257 g/mol. The van der Waals surface area contributed by atoms with Gasteiger partial charge in [-0.1, -0.05) is 6.07 Å². The van der Waals surface area contributed by atoms with Crippen LogP contribution in [0.15, 0.2) is 28.0 Å². The number of aliphatic carboxylic acids is 1. The molecule has 0 aliphatic rings. The lowest BCUT2D eigenvalue weighted by molar-refractivity contribution is -0.137. The molecule has 0 aliphatic heterocycles. The van der Waals surface area contributed by atoms with E-state index in [1.807, 2.05) is 30.7 Å². The van der Waals surface area contributed by atoms with Crippen molar-refractivity contribution in [2.75, 3.05) is 12.5 Å². The second-order valence-electron chi connectivity index (χ2n) is 3.32. The number of carbonyl (C=O) groups is 1. The summed E-state index contributed by atoms with van der Waals surface area (Å²) in [5, 5.41) is 8.68. The van der Waals surface area contributed by atoms with E-state index in [0.29, 0.717) is 0 Å². The number of rotatable bonds is 5. The summed E-state index contributed by atoms with van der Waals surface area (Å²) < 4.78 is 0. The van der Waals surface area contributed by atoms with Crippen LogP contribution in [-0.2, 0) is 4.79 Å². The highest BCUT2D eigenvalue weighted by molar-refractivity contribution is 8.01. The largest absolute Gasteiger partial charge is 0.481 e. The predicted octanol–water partition coefficient (Wildman–Crippen LogP) is 2.60. The van der Waals surface area contributed by atoms with Crippen molar-refractivity contribution in [3.8, 4) is 0 Å². The van der Waals surface area contributed by atoms with Crippen LogP contribution in [-0.4, -0.2) is 23.6 Å². The van der Waals surface area contributed by atoms with Crippen LogP contribution in [0.5, 0.6) is 0 Å². The summed E-state index contributed by atoms with van der Waals surface area (Å²) in [5.74, 6) is -0.868. The summed E-state index contributed by atoms with van der Waals surface area (Å²) in [7, 11) is 0. The Morgan fingerprint density at radius 2 is 2.00 bits per heavy atom. The lowest BCUT2D eigenvalue weighted by atomic mass is 10.1. The summed E-state index contributed by atoms with van der Waals surface area (Å²) in [6.07, 6.45) is 3.99. The van der Waals surface area contributed by atoms with Gasteiger partial charge in [0.25, 0.3) is 0 Å². The minimum Gasteiger partial charge on any atom is -0.481 e. The minimum atomic E-state index is -0.868. The molecule has 1 unspecified atom stereocenters. The van der Waals surface area contributed by atoms with Crippen LogP contribution in [0.25, 0.3) is 0 Å². The van der Waals surface area contributed by atoms with Gasteiger partial charge in [0.2, 0.25) is 0 Å². The van der Waals surface area contributed by atoms with Crippen LogP contribution < -0.4 is 5.73 Å². The normalized spacial score (nSPS) is 12.4. The average Bonchev–Trinajstić information content (AvgIpc) is 2.27. The maximum Gasteiger partial charge on any atom is 0.305 e. The van der Waals surface area contributed by atoms with Gasteiger partial charge in [0.1, 0.15) is 0 Å². The number of hydrogen-bond acceptors (Lipinski definition) is 4. The Morgan fingerprint density at radius 1 is 1.38 bits per heavy atom. The first-order chi connectivity index (χ1) is 7.58. The maximum absolute atomic E-state index is 10.6. The molecule has 1 aromatic carbocycles. The molecule has 0 spiro atoms. The Balaban J connectivity index is 2.93. The van der Waals surface area contributed by atoms with Crippen LogP contribution in [0.2, 0.25) is 0 Å². The molecule has 16 heavy (non-hydrogen) atoms. The van der Waals surface area contributed by atoms with Crippen LogP contribution in [0, 0.1) is 0 Å². The number of hydrogen-bond donors (Lipinski definition) is 2. The topological polar surface area (TPSA) is 63.3 Å². The molecule has 0 radical (unpaired) electrons. The molecule has 0 heterocycles. The van der Waals surface area contributed by atoms with E-state index in [1.165, 1.54) is 4.90 Å². The van der Waals surface area contributed by atoms with E-state index >= 15 is 0 Å². The smallest absolute Gasteiger partial charge is 0.305 e. The van der Waals surface area contributed by atoms with Crippen molar-refractivity contribution in [3.05, 3.63) is 23.8 Å². The average molecular weight is 257 g/mol. The van der Waals surface area contributed by atoms with E-state index in [4.69, 9.17) is 10.8 Å². The van der Waals surface area contributed by atoms with Crippen molar-refractivity contribution in [1.29, 1.82) is 0 Å². The van der Waals surface area contributed by atoms with Gasteiger partial charge in [-0.05, 0) is 30.2 Å². The molecule has 0 amide bonds. The van der Waals surface area contributed by atoms with Gasteiger partial charge in [-0.3, -0.25) is 4.79 Å². The number of carboxylic acids is 1. The third kappa shape index (κ3) is 3.43. The molecule has 88 valence electrons. The van der Waals surface area contributed by atoms with Gasteiger partial charge in [-0.15, -0.1) is 23.5 Å². The standard InChI is InChI=1S/C11H15NO2S2/c1-15-9-4-3-7(5-10(9)16-2)8(12)6-11(13)14/h3-5,8H,6,12H2,1-2H3,(H,13,14). The highest BCUT2D eigenvalue weighted by Gasteiger charge is 2.12. The molecule has 0 aromatic heterocycles. The number of thioether (sulfide) groups is 2. The summed E-state index contributed by atoms with van der Waals surface area (Å²) >= 11 is 3.32. The first-order valence-corrected chi connectivity index (χ1v) is 7.22. The van der Waals surface area contributed by atoms with E-state index in [0.717, 1.165) is 10.5 Å². The highest BCUT2D eigenvalue weighted by atomic mass is 32.2. The van der Waals surface area contributed by atoms with Crippen LogP contribution in [0.1, 0.15) is 18.0 Å². The zero-order valence-corrected chi connectivity index (χ0v) is 10.9. The predicted molar refractivity (Wildman–Crippen MR) is 69.2 cm³/mol. The van der Waals surface area contributed by atoms with Gasteiger partial charge in [0.15, 0.2) is 0 Å². The molecule has 0 fully saturated rings. The van der Waals surface area contributed by atoms with Gasteiger partial charge in [0.05, 0.1) is 6.42 Å². The van der Waals surface area contributed by atoms with Gasteiger partial charge < -0.3 is 10.8 Å². The van der Waals surface area contributed by atoms with Gasteiger partial charge >= 0.3 is 5.97 Å². The van der Waals surface area contributed by atoms with Crippen LogP contribution >= 0.6 is 23.5 Å². The first kappa shape index (κ1) is 13.4. The van der Waals surface area contributed by atoms with Crippen molar-refractivity contribution >= 4 is 29.5 Å². The first-order valence-electron chi connectivity index (χ1n) is 4.77. The zero-order chi connectivity index (χ0) is 12.1. The van der Waals surface area contributed by atoms with Crippen LogP contribution in [0.4, 0.5) is 0 Å². The van der Waals surface area contributed by atoms with E-state index in [2.05, 4.69) is 0 Å². The zero-order valence-electron chi connectivity index (χ0n) is 9.27. The van der Waals surface area contributed by atoms with Crippen molar-refractivity contribution < 1.29 is 9.90 Å². The third-order valence-electron chi connectivity index (χ3n) is 2.23. The third-order valence-corrected chi connectivity index (χ3v) is 3.93. The van der Waals surface area contributed by atoms with Crippen molar-refractivity contribution in [1.82, 2.24) is 0 Å². The van der Waals surface area contributed by atoms with Crippen LogP contribution in [0.3, 0.4) is 0 Å². The molecule has 1 atom stereocenters. The Hall–Kier alpha value is -0.650.